The molecule has 3 rings (SSSR count). The number of esters is 2. The second kappa shape index (κ2) is 6.30. The average Bonchev–Trinajstić information content (AvgIpc) is 2.91. The summed E-state index contributed by atoms with van der Waals surface area (Å²) in [5, 5.41) is 0. The molecule has 0 radical (unpaired) electrons. The maximum absolute atomic E-state index is 12.1. The van der Waals surface area contributed by atoms with Gasteiger partial charge in [0.25, 0.3) is 0 Å². The summed E-state index contributed by atoms with van der Waals surface area (Å²) in [5.74, 6) is -0.732. The molecule has 0 saturated carbocycles. The number of methoxy groups -OCH3 is 1. The summed E-state index contributed by atoms with van der Waals surface area (Å²) in [6.45, 7) is 0. The Bertz CT molecular complexity index is 561. The molecule has 2 aliphatic rings. The number of benzene rings is 1. The van der Waals surface area contributed by atoms with Gasteiger partial charge in [0.1, 0.15) is 6.10 Å². The minimum Gasteiger partial charge on any atom is -0.469 e. The topological polar surface area (TPSA) is 61.8 Å². The number of ether oxygens (including phenoxy) is 3. The van der Waals surface area contributed by atoms with E-state index >= 15 is 0 Å². The number of rotatable bonds is 4. The van der Waals surface area contributed by atoms with Crippen LogP contribution in [0.3, 0.4) is 0 Å². The molecule has 0 amide bonds. The number of hydrogen-bond acceptors (Lipinski definition) is 6. The minimum atomic E-state index is -1.06. The van der Waals surface area contributed by atoms with Crippen molar-refractivity contribution in [2.45, 2.75) is 47.7 Å². The number of thioether (sulfide) groups is 1. The fraction of sp³-hybridized carbons (Fsp3) is 0.500. The molecule has 1 aromatic rings. The normalized spacial score (nSPS) is 30.5. The summed E-state index contributed by atoms with van der Waals surface area (Å²) in [6, 6.07) is 9.58. The summed E-state index contributed by atoms with van der Waals surface area (Å²) in [4.78, 5) is 23.8. The Morgan fingerprint density at radius 2 is 2.14 bits per heavy atom. The van der Waals surface area contributed by atoms with E-state index in [1.54, 1.807) is 0 Å². The number of carbonyl (C=O) groups excluding carboxylic acids is 2. The molecular formula is C16H18O5S. The van der Waals surface area contributed by atoms with E-state index in [0.717, 1.165) is 17.7 Å². The smallest absolute Gasteiger partial charge is 0.310 e. The van der Waals surface area contributed by atoms with Gasteiger partial charge in [-0.2, -0.15) is 0 Å². The lowest BCUT2D eigenvalue weighted by molar-refractivity contribution is -0.160. The molecular weight excluding hydrogens is 304 g/mol. The third-order valence-corrected chi connectivity index (χ3v) is 5.28. The van der Waals surface area contributed by atoms with Gasteiger partial charge in [-0.1, -0.05) is 30.0 Å². The molecule has 3 atom stereocenters. The van der Waals surface area contributed by atoms with Gasteiger partial charge in [-0.05, 0) is 25.0 Å². The zero-order valence-electron chi connectivity index (χ0n) is 12.3. The molecule has 22 heavy (non-hydrogen) atoms. The maximum Gasteiger partial charge on any atom is 0.310 e. The van der Waals surface area contributed by atoms with Gasteiger partial charge in [-0.25, -0.2) is 0 Å². The Morgan fingerprint density at radius 3 is 2.86 bits per heavy atom. The van der Waals surface area contributed by atoms with Gasteiger partial charge in [0.05, 0.1) is 26.1 Å². The van der Waals surface area contributed by atoms with E-state index in [9.17, 15) is 9.59 Å². The summed E-state index contributed by atoms with van der Waals surface area (Å²) in [7, 11) is 1.33. The first-order valence-corrected chi connectivity index (χ1v) is 8.11. The molecule has 6 heteroatoms. The zero-order chi connectivity index (χ0) is 15.6. The van der Waals surface area contributed by atoms with Crippen molar-refractivity contribution in [3.63, 3.8) is 0 Å². The van der Waals surface area contributed by atoms with Gasteiger partial charge in [-0.3, -0.25) is 9.59 Å². The molecule has 1 aromatic carbocycles. The number of fused-ring (bicyclic) bond motifs is 2. The van der Waals surface area contributed by atoms with Crippen molar-refractivity contribution in [2.75, 3.05) is 7.11 Å². The molecule has 118 valence electrons. The fourth-order valence-electron chi connectivity index (χ4n) is 2.90. The predicted molar refractivity (Wildman–Crippen MR) is 80.3 cm³/mol. The molecule has 0 aromatic heterocycles. The highest BCUT2D eigenvalue weighted by molar-refractivity contribution is 8.00. The first kappa shape index (κ1) is 15.4. The van der Waals surface area contributed by atoms with Crippen LogP contribution in [0.5, 0.6) is 0 Å². The fourth-order valence-corrected chi connectivity index (χ4v) is 4.22. The molecule has 0 N–H and O–H groups in total. The van der Waals surface area contributed by atoms with Crippen molar-refractivity contribution in [1.82, 2.24) is 0 Å². The van der Waals surface area contributed by atoms with Crippen LogP contribution in [0.4, 0.5) is 0 Å². The highest BCUT2D eigenvalue weighted by Crippen LogP contribution is 2.47. The van der Waals surface area contributed by atoms with E-state index < -0.39 is 10.9 Å². The van der Waals surface area contributed by atoms with Crippen molar-refractivity contribution in [3.8, 4) is 0 Å². The van der Waals surface area contributed by atoms with E-state index in [-0.39, 0.29) is 31.0 Å². The zero-order valence-corrected chi connectivity index (χ0v) is 13.1. The standard InChI is InChI=1S/C16H18O5S/c1-19-15(18)10-16(22-12-5-3-2-4-6-12)13-8-7-11(20-13)9-14(17)21-16/h2-6,11,13H,7-10H2,1H3/t11-,13+,16?/m1/s1. The van der Waals surface area contributed by atoms with Crippen LogP contribution in [-0.4, -0.2) is 36.2 Å². The molecule has 2 heterocycles. The lowest BCUT2D eigenvalue weighted by Gasteiger charge is -2.35. The van der Waals surface area contributed by atoms with Crippen molar-refractivity contribution in [3.05, 3.63) is 30.3 Å². The number of hydrogen-bond donors (Lipinski definition) is 0. The summed E-state index contributed by atoms with van der Waals surface area (Å²) < 4.78 is 16.5. The molecule has 1 unspecified atom stereocenters. The monoisotopic (exact) mass is 322 g/mol. The van der Waals surface area contributed by atoms with Crippen molar-refractivity contribution in [2.24, 2.45) is 0 Å². The number of carbonyl (C=O) groups is 2. The lowest BCUT2D eigenvalue weighted by atomic mass is 10.0. The van der Waals surface area contributed by atoms with Crippen LogP contribution in [0.25, 0.3) is 0 Å². The second-order valence-corrected chi connectivity index (χ2v) is 6.85. The summed E-state index contributed by atoms with van der Waals surface area (Å²) in [6.07, 6.45) is 1.41. The largest absolute Gasteiger partial charge is 0.469 e. The first-order chi connectivity index (χ1) is 10.6. The van der Waals surface area contributed by atoms with Crippen LogP contribution in [0.15, 0.2) is 35.2 Å². The summed E-state index contributed by atoms with van der Waals surface area (Å²) >= 11 is 1.36. The Morgan fingerprint density at radius 1 is 1.36 bits per heavy atom. The molecule has 0 spiro atoms. The first-order valence-electron chi connectivity index (χ1n) is 7.29. The van der Waals surface area contributed by atoms with Crippen LogP contribution in [-0.2, 0) is 23.8 Å². The molecule has 2 aliphatic heterocycles. The van der Waals surface area contributed by atoms with Crippen LogP contribution in [0.1, 0.15) is 25.7 Å². The molecule has 0 aliphatic carbocycles. The number of cyclic esters (lactones) is 1. The van der Waals surface area contributed by atoms with Crippen LogP contribution < -0.4 is 0 Å². The van der Waals surface area contributed by atoms with E-state index in [1.165, 1.54) is 18.9 Å². The van der Waals surface area contributed by atoms with E-state index in [2.05, 4.69) is 0 Å². The van der Waals surface area contributed by atoms with Crippen LogP contribution in [0, 0.1) is 0 Å². The van der Waals surface area contributed by atoms with E-state index in [1.807, 2.05) is 30.3 Å². The van der Waals surface area contributed by atoms with Crippen molar-refractivity contribution < 1.29 is 23.8 Å². The summed E-state index contributed by atoms with van der Waals surface area (Å²) in [5.41, 5.74) is 0. The second-order valence-electron chi connectivity index (χ2n) is 5.48. The van der Waals surface area contributed by atoms with Gasteiger partial charge in [0.15, 0.2) is 4.93 Å². The third-order valence-electron chi connectivity index (χ3n) is 3.93. The van der Waals surface area contributed by atoms with E-state index in [4.69, 9.17) is 14.2 Å². The van der Waals surface area contributed by atoms with Gasteiger partial charge in [0, 0.05) is 4.90 Å². The molecule has 2 saturated heterocycles. The minimum absolute atomic E-state index is 0.0216. The lowest BCUT2D eigenvalue weighted by Crippen LogP contribution is -2.44. The third kappa shape index (κ3) is 3.13. The van der Waals surface area contributed by atoms with Crippen LogP contribution in [0.2, 0.25) is 0 Å². The molecule has 5 nitrogen and oxygen atoms in total. The highest BCUT2D eigenvalue weighted by atomic mass is 32.2. The highest BCUT2D eigenvalue weighted by Gasteiger charge is 2.52. The van der Waals surface area contributed by atoms with Crippen LogP contribution >= 0.6 is 11.8 Å². The van der Waals surface area contributed by atoms with Crippen molar-refractivity contribution >= 4 is 23.7 Å². The molecule has 2 bridgehead atoms. The van der Waals surface area contributed by atoms with Gasteiger partial charge in [-0.15, -0.1) is 0 Å². The van der Waals surface area contributed by atoms with Gasteiger partial charge in [0.2, 0.25) is 0 Å². The van der Waals surface area contributed by atoms with E-state index in [0.29, 0.717) is 0 Å². The van der Waals surface area contributed by atoms with Gasteiger partial charge < -0.3 is 14.2 Å². The Labute approximate surface area is 133 Å². The predicted octanol–water partition coefficient (Wildman–Crippen LogP) is 2.53. The Hall–Kier alpha value is -1.53. The quantitative estimate of drug-likeness (QED) is 0.794. The van der Waals surface area contributed by atoms with Gasteiger partial charge >= 0.3 is 11.9 Å². The average molecular weight is 322 g/mol. The van der Waals surface area contributed by atoms with Crippen molar-refractivity contribution in [1.29, 1.82) is 0 Å². The Balaban J connectivity index is 1.93. The molecule has 2 fully saturated rings. The SMILES string of the molecule is COC(=O)CC1(Sc2ccccc2)OC(=O)C[C@H]2CC[C@@H]1O2. The Kier molecular flexibility index (Phi) is 4.40. The maximum atomic E-state index is 12.1.